The summed E-state index contributed by atoms with van der Waals surface area (Å²) in [5, 5.41) is 14.9. The molecule has 0 bridgehead atoms. The normalized spacial score (nSPS) is 17.2. The predicted octanol–water partition coefficient (Wildman–Crippen LogP) is 5.53. The topological polar surface area (TPSA) is 94.5 Å². The van der Waals surface area contributed by atoms with Crippen molar-refractivity contribution in [2.24, 2.45) is 0 Å². The first-order chi connectivity index (χ1) is 19.7. The summed E-state index contributed by atoms with van der Waals surface area (Å²) in [4.78, 5) is 1.67. The van der Waals surface area contributed by atoms with Crippen molar-refractivity contribution in [1.82, 2.24) is 4.90 Å². The SMILES string of the molecule is CN1CCC(Nc2cccc3c(CC(F)(F)F)c(C#CCNc4ccc(S(C)(=O)=O)cc4OCC#N)sc23)C(F)(F)C1. The van der Waals surface area contributed by atoms with Crippen LogP contribution in [0.2, 0.25) is 0 Å². The van der Waals surface area contributed by atoms with Crippen LogP contribution in [-0.4, -0.2) is 71.0 Å². The fourth-order valence-corrected chi connectivity index (χ4v) is 6.42. The van der Waals surface area contributed by atoms with Gasteiger partial charge in [0, 0.05) is 18.9 Å². The molecule has 0 aliphatic carbocycles. The minimum Gasteiger partial charge on any atom is -0.477 e. The van der Waals surface area contributed by atoms with Crippen molar-refractivity contribution in [2.45, 2.75) is 35.9 Å². The van der Waals surface area contributed by atoms with Gasteiger partial charge in [0.1, 0.15) is 11.8 Å². The molecular formula is C28H27F5N4O3S2. The first kappa shape index (κ1) is 31.3. The molecule has 0 saturated carbocycles. The van der Waals surface area contributed by atoms with Gasteiger partial charge in [-0.25, -0.2) is 17.2 Å². The largest absolute Gasteiger partial charge is 0.477 e. The zero-order valence-electron chi connectivity index (χ0n) is 22.6. The molecule has 0 amide bonds. The van der Waals surface area contributed by atoms with E-state index in [9.17, 15) is 30.4 Å². The Hall–Kier alpha value is -3.59. The van der Waals surface area contributed by atoms with Crippen LogP contribution in [0, 0.1) is 23.2 Å². The number of nitrogens with zero attached hydrogens (tertiary/aromatic N) is 2. The number of ether oxygens (including phenoxy) is 1. The summed E-state index contributed by atoms with van der Waals surface area (Å²) in [7, 11) is -1.93. The maximum Gasteiger partial charge on any atom is 0.393 e. The molecule has 1 aliphatic rings. The summed E-state index contributed by atoms with van der Waals surface area (Å²) < 4.78 is 99.6. The third-order valence-electron chi connectivity index (χ3n) is 6.56. The van der Waals surface area contributed by atoms with Crippen LogP contribution in [0.25, 0.3) is 10.1 Å². The van der Waals surface area contributed by atoms with Gasteiger partial charge in [0.2, 0.25) is 0 Å². The maximum absolute atomic E-state index is 14.7. The third kappa shape index (κ3) is 7.62. The van der Waals surface area contributed by atoms with E-state index >= 15 is 0 Å². The fourth-order valence-electron chi connectivity index (χ4n) is 4.61. The van der Waals surface area contributed by atoms with Gasteiger partial charge in [0.05, 0.1) is 51.4 Å². The Morgan fingerprint density at radius 2 is 1.98 bits per heavy atom. The number of benzene rings is 2. The molecule has 1 aromatic heterocycles. The fraction of sp³-hybridized carbons (Fsp3) is 0.393. The summed E-state index contributed by atoms with van der Waals surface area (Å²) in [5.74, 6) is 2.64. The first-order valence-corrected chi connectivity index (χ1v) is 15.4. The molecule has 2 aromatic carbocycles. The van der Waals surface area contributed by atoms with Crippen LogP contribution in [0.3, 0.4) is 0 Å². The van der Waals surface area contributed by atoms with E-state index in [2.05, 4.69) is 22.5 Å². The number of thiophene rings is 1. The molecule has 14 heteroatoms. The zero-order valence-corrected chi connectivity index (χ0v) is 24.2. The molecule has 2 heterocycles. The molecule has 4 rings (SSSR count). The van der Waals surface area contributed by atoms with E-state index < -0.39 is 40.9 Å². The lowest BCUT2D eigenvalue weighted by molar-refractivity contribution is -0.126. The molecule has 0 spiro atoms. The number of piperidine rings is 1. The molecule has 1 saturated heterocycles. The van der Waals surface area contributed by atoms with Crippen LogP contribution >= 0.6 is 11.3 Å². The van der Waals surface area contributed by atoms with E-state index in [1.807, 2.05) is 0 Å². The van der Waals surface area contributed by atoms with E-state index in [4.69, 9.17) is 10.00 Å². The number of hydrogen-bond donors (Lipinski definition) is 2. The molecule has 1 atom stereocenters. The summed E-state index contributed by atoms with van der Waals surface area (Å²) in [5.41, 5.74) is 0.625. The quantitative estimate of drug-likeness (QED) is 0.251. The summed E-state index contributed by atoms with van der Waals surface area (Å²) in [6, 6.07) is 9.31. The second-order valence-electron chi connectivity index (χ2n) is 9.90. The predicted molar refractivity (Wildman–Crippen MR) is 152 cm³/mol. The zero-order chi connectivity index (χ0) is 30.7. The van der Waals surface area contributed by atoms with Gasteiger partial charge in [-0.05, 0) is 42.6 Å². The number of sulfone groups is 1. The van der Waals surface area contributed by atoms with Crippen LogP contribution in [0.1, 0.15) is 16.9 Å². The minimum absolute atomic E-state index is 0.0171. The van der Waals surface area contributed by atoms with Gasteiger partial charge < -0.3 is 20.3 Å². The second kappa shape index (κ2) is 12.3. The lowest BCUT2D eigenvalue weighted by Crippen LogP contribution is -2.53. The van der Waals surface area contributed by atoms with Crippen LogP contribution in [0.4, 0.5) is 33.3 Å². The third-order valence-corrected chi connectivity index (χ3v) is 8.86. The molecule has 2 N–H and O–H groups in total. The monoisotopic (exact) mass is 626 g/mol. The molecule has 7 nitrogen and oxygen atoms in total. The van der Waals surface area contributed by atoms with Crippen molar-refractivity contribution in [3.63, 3.8) is 0 Å². The van der Waals surface area contributed by atoms with Gasteiger partial charge in [-0.1, -0.05) is 24.0 Å². The van der Waals surface area contributed by atoms with Crippen molar-refractivity contribution >= 4 is 42.6 Å². The van der Waals surface area contributed by atoms with Crippen LogP contribution in [-0.2, 0) is 16.3 Å². The van der Waals surface area contributed by atoms with Gasteiger partial charge in [-0.15, -0.1) is 11.3 Å². The lowest BCUT2D eigenvalue weighted by atomic mass is 10.0. The van der Waals surface area contributed by atoms with Gasteiger partial charge in [0.25, 0.3) is 5.92 Å². The standard InChI is InChI=1S/C28H27F5N4O3S2/c1-37-13-10-25(27(29,30)17-37)36-22-6-3-5-19-20(16-28(31,32)33)24(41-26(19)22)7-4-12-35-21-9-8-18(42(2,38)39)15-23(21)40-14-11-34/h3,5-6,8-9,15,25,35-36H,10,12-14,16-17H2,1-2H3. The van der Waals surface area contributed by atoms with Gasteiger partial charge >= 0.3 is 6.18 Å². The molecule has 1 fully saturated rings. The number of alkyl halides is 5. The number of nitrogens with one attached hydrogen (secondary N) is 2. The number of rotatable bonds is 8. The van der Waals surface area contributed by atoms with Crippen molar-refractivity contribution in [2.75, 3.05) is 50.2 Å². The van der Waals surface area contributed by atoms with Crippen molar-refractivity contribution in [1.29, 1.82) is 5.26 Å². The number of anilines is 2. The van der Waals surface area contributed by atoms with Crippen molar-refractivity contribution < 1.29 is 35.1 Å². The number of likely N-dealkylation sites (tertiary alicyclic amines) is 1. The molecular weight excluding hydrogens is 599 g/mol. The van der Waals surface area contributed by atoms with Crippen LogP contribution < -0.4 is 15.4 Å². The highest BCUT2D eigenvalue weighted by Crippen LogP contribution is 2.40. The average molecular weight is 627 g/mol. The lowest BCUT2D eigenvalue weighted by Gasteiger charge is -2.37. The van der Waals surface area contributed by atoms with Crippen molar-refractivity contribution in [3.05, 3.63) is 46.8 Å². The number of halogens is 5. The minimum atomic E-state index is -4.53. The Labute approximate surface area is 244 Å². The molecule has 224 valence electrons. The van der Waals surface area contributed by atoms with Crippen LogP contribution in [0.5, 0.6) is 5.75 Å². The highest BCUT2D eigenvalue weighted by Gasteiger charge is 2.44. The first-order valence-electron chi connectivity index (χ1n) is 12.7. The maximum atomic E-state index is 14.7. The second-order valence-corrected chi connectivity index (χ2v) is 12.9. The average Bonchev–Trinajstić information content (AvgIpc) is 3.23. The number of hydrogen-bond acceptors (Lipinski definition) is 8. The van der Waals surface area contributed by atoms with E-state index in [0.717, 1.165) is 17.6 Å². The van der Waals surface area contributed by atoms with Crippen molar-refractivity contribution in [3.8, 4) is 23.7 Å². The molecule has 1 aliphatic heterocycles. The van der Waals surface area contributed by atoms with Gasteiger partial charge in [-0.3, -0.25) is 0 Å². The van der Waals surface area contributed by atoms with E-state index in [1.54, 1.807) is 19.2 Å². The number of fused-ring (bicyclic) bond motifs is 1. The summed E-state index contributed by atoms with van der Waals surface area (Å²) >= 11 is 0.999. The summed E-state index contributed by atoms with van der Waals surface area (Å²) in [6.45, 7) is -0.352. The number of nitriles is 1. The molecule has 3 aromatic rings. The van der Waals surface area contributed by atoms with E-state index in [-0.39, 0.29) is 40.7 Å². The van der Waals surface area contributed by atoms with Crippen LogP contribution in [0.15, 0.2) is 41.3 Å². The Morgan fingerprint density at radius 1 is 1.21 bits per heavy atom. The van der Waals surface area contributed by atoms with E-state index in [0.29, 0.717) is 28.0 Å². The van der Waals surface area contributed by atoms with Gasteiger partial charge in [0.15, 0.2) is 16.4 Å². The van der Waals surface area contributed by atoms with Gasteiger partial charge in [-0.2, -0.15) is 18.4 Å². The Kier molecular flexibility index (Phi) is 9.21. The molecule has 1 unspecified atom stereocenters. The summed E-state index contributed by atoms with van der Waals surface area (Å²) in [6.07, 6.45) is -4.57. The Balaban J connectivity index is 1.63. The smallest absolute Gasteiger partial charge is 0.393 e. The Bertz CT molecular complexity index is 1670. The van der Waals surface area contributed by atoms with E-state index in [1.165, 1.54) is 35.2 Å². The highest BCUT2D eigenvalue weighted by molar-refractivity contribution is 7.90. The highest BCUT2D eigenvalue weighted by atomic mass is 32.2. The molecule has 0 radical (unpaired) electrons. The Morgan fingerprint density at radius 3 is 2.64 bits per heavy atom. The molecule has 42 heavy (non-hydrogen) atoms.